The molecule has 2 rings (SSSR count). The molecule has 1 atom stereocenters. The molecule has 0 spiro atoms. The monoisotopic (exact) mass is 246 g/mol. The standard InChI is InChI=1S/C13H15FN4/c1-9(10-5-3-4-6-11(10)14)18(2)13-8-7-12(15)16-17-13/h3-9H,1-2H3,(H2,15,16). The molecular weight excluding hydrogens is 231 g/mol. The molecule has 0 aliphatic carbocycles. The number of hydrogen-bond acceptors (Lipinski definition) is 4. The molecule has 5 heteroatoms. The van der Waals surface area contributed by atoms with E-state index in [1.54, 1.807) is 24.3 Å². The number of rotatable bonds is 3. The summed E-state index contributed by atoms with van der Waals surface area (Å²) in [7, 11) is 1.84. The normalized spacial score (nSPS) is 12.2. The van der Waals surface area contributed by atoms with Crippen LogP contribution < -0.4 is 10.6 Å². The Morgan fingerprint density at radius 2 is 1.89 bits per heavy atom. The molecule has 0 amide bonds. The molecule has 2 N–H and O–H groups in total. The first kappa shape index (κ1) is 12.3. The first-order valence-corrected chi connectivity index (χ1v) is 5.66. The van der Waals surface area contributed by atoms with Crippen molar-refractivity contribution in [3.63, 3.8) is 0 Å². The van der Waals surface area contributed by atoms with Crippen LogP contribution in [0.25, 0.3) is 0 Å². The van der Waals surface area contributed by atoms with Gasteiger partial charge in [-0.15, -0.1) is 10.2 Å². The summed E-state index contributed by atoms with van der Waals surface area (Å²) in [5, 5.41) is 7.77. The molecule has 94 valence electrons. The Balaban J connectivity index is 2.26. The molecule has 0 saturated heterocycles. The van der Waals surface area contributed by atoms with E-state index in [4.69, 9.17) is 5.73 Å². The van der Waals surface area contributed by atoms with Crippen molar-refractivity contribution in [2.75, 3.05) is 17.7 Å². The predicted octanol–water partition coefficient (Wildman–Crippen LogP) is 2.40. The van der Waals surface area contributed by atoms with Gasteiger partial charge in [-0.25, -0.2) is 4.39 Å². The molecule has 1 unspecified atom stereocenters. The predicted molar refractivity (Wildman–Crippen MR) is 69.7 cm³/mol. The summed E-state index contributed by atoms with van der Waals surface area (Å²) < 4.78 is 13.7. The number of nitrogens with zero attached hydrogens (tertiary/aromatic N) is 3. The highest BCUT2D eigenvalue weighted by molar-refractivity contribution is 5.43. The first-order chi connectivity index (χ1) is 8.59. The highest BCUT2D eigenvalue weighted by Crippen LogP contribution is 2.25. The van der Waals surface area contributed by atoms with Crippen molar-refractivity contribution in [3.05, 3.63) is 47.8 Å². The lowest BCUT2D eigenvalue weighted by Gasteiger charge is -2.26. The van der Waals surface area contributed by atoms with Crippen molar-refractivity contribution in [2.45, 2.75) is 13.0 Å². The van der Waals surface area contributed by atoms with Crippen LogP contribution in [-0.2, 0) is 0 Å². The molecule has 0 fully saturated rings. The Labute approximate surface area is 105 Å². The van der Waals surface area contributed by atoms with Crippen LogP contribution >= 0.6 is 0 Å². The molecular formula is C13H15FN4. The van der Waals surface area contributed by atoms with Gasteiger partial charge in [0.15, 0.2) is 5.82 Å². The maximum Gasteiger partial charge on any atom is 0.151 e. The van der Waals surface area contributed by atoms with Gasteiger partial charge in [0, 0.05) is 12.6 Å². The summed E-state index contributed by atoms with van der Waals surface area (Å²) in [6, 6.07) is 10.0. The minimum Gasteiger partial charge on any atom is -0.382 e. The Hall–Kier alpha value is -2.17. The second kappa shape index (κ2) is 5.00. The third-order valence-corrected chi connectivity index (χ3v) is 2.97. The lowest BCUT2D eigenvalue weighted by molar-refractivity contribution is 0.583. The zero-order valence-electron chi connectivity index (χ0n) is 10.3. The van der Waals surface area contributed by atoms with Crippen molar-refractivity contribution >= 4 is 11.6 Å². The fourth-order valence-corrected chi connectivity index (χ4v) is 1.74. The Morgan fingerprint density at radius 3 is 2.50 bits per heavy atom. The maximum atomic E-state index is 13.7. The van der Waals surface area contributed by atoms with Gasteiger partial charge in [0.1, 0.15) is 11.6 Å². The van der Waals surface area contributed by atoms with Crippen LogP contribution in [0.4, 0.5) is 16.0 Å². The van der Waals surface area contributed by atoms with Crippen LogP contribution in [-0.4, -0.2) is 17.2 Å². The van der Waals surface area contributed by atoms with Gasteiger partial charge >= 0.3 is 0 Å². The number of anilines is 2. The van der Waals surface area contributed by atoms with Gasteiger partial charge in [-0.3, -0.25) is 0 Å². The molecule has 1 aromatic carbocycles. The number of nitrogen functional groups attached to an aromatic ring is 1. The smallest absolute Gasteiger partial charge is 0.151 e. The van der Waals surface area contributed by atoms with E-state index in [1.165, 1.54) is 6.07 Å². The van der Waals surface area contributed by atoms with E-state index in [2.05, 4.69) is 10.2 Å². The summed E-state index contributed by atoms with van der Waals surface area (Å²) in [4.78, 5) is 1.85. The van der Waals surface area contributed by atoms with Crippen molar-refractivity contribution in [1.29, 1.82) is 0 Å². The summed E-state index contributed by atoms with van der Waals surface area (Å²) in [5.41, 5.74) is 6.11. The Bertz CT molecular complexity index is 527. The first-order valence-electron chi connectivity index (χ1n) is 5.66. The SMILES string of the molecule is CC(c1ccccc1F)N(C)c1ccc(N)nn1. The van der Waals surface area contributed by atoms with Gasteiger partial charge in [0.25, 0.3) is 0 Å². The molecule has 0 saturated carbocycles. The molecule has 0 aliphatic rings. The van der Waals surface area contributed by atoms with Crippen molar-refractivity contribution in [2.24, 2.45) is 0 Å². The molecule has 2 aromatic rings. The summed E-state index contributed by atoms with van der Waals surface area (Å²) in [6.07, 6.45) is 0. The molecule has 18 heavy (non-hydrogen) atoms. The summed E-state index contributed by atoms with van der Waals surface area (Å²) in [6.45, 7) is 1.91. The Morgan fingerprint density at radius 1 is 1.17 bits per heavy atom. The summed E-state index contributed by atoms with van der Waals surface area (Å²) in [5.74, 6) is 0.797. The number of halogens is 1. The lowest BCUT2D eigenvalue weighted by atomic mass is 10.1. The zero-order chi connectivity index (χ0) is 13.1. The van der Waals surface area contributed by atoms with Gasteiger partial charge in [0.2, 0.25) is 0 Å². The van der Waals surface area contributed by atoms with Crippen molar-refractivity contribution < 1.29 is 4.39 Å². The van der Waals surface area contributed by atoms with Crippen LogP contribution in [0.15, 0.2) is 36.4 Å². The highest BCUT2D eigenvalue weighted by atomic mass is 19.1. The number of aromatic nitrogens is 2. The van der Waals surface area contributed by atoms with Crippen molar-refractivity contribution in [1.82, 2.24) is 10.2 Å². The Kier molecular flexibility index (Phi) is 3.41. The fraction of sp³-hybridized carbons (Fsp3) is 0.231. The number of benzene rings is 1. The minimum atomic E-state index is -0.222. The molecule has 1 heterocycles. The second-order valence-corrected chi connectivity index (χ2v) is 4.12. The fourth-order valence-electron chi connectivity index (χ4n) is 1.74. The van der Waals surface area contributed by atoms with Gasteiger partial charge in [-0.05, 0) is 25.1 Å². The molecule has 0 aliphatic heterocycles. The second-order valence-electron chi connectivity index (χ2n) is 4.12. The van der Waals surface area contributed by atoms with Crippen LogP contribution in [0.3, 0.4) is 0 Å². The average Bonchev–Trinajstić information content (AvgIpc) is 2.38. The topological polar surface area (TPSA) is 55.0 Å². The number of hydrogen-bond donors (Lipinski definition) is 1. The zero-order valence-corrected chi connectivity index (χ0v) is 10.3. The quantitative estimate of drug-likeness (QED) is 0.903. The molecule has 0 radical (unpaired) electrons. The van der Waals surface area contributed by atoms with Gasteiger partial charge in [-0.2, -0.15) is 0 Å². The van der Waals surface area contributed by atoms with E-state index >= 15 is 0 Å². The molecule has 4 nitrogen and oxygen atoms in total. The third-order valence-electron chi connectivity index (χ3n) is 2.97. The molecule has 1 aromatic heterocycles. The highest BCUT2D eigenvalue weighted by Gasteiger charge is 2.16. The van der Waals surface area contributed by atoms with E-state index in [-0.39, 0.29) is 11.9 Å². The van der Waals surface area contributed by atoms with Gasteiger partial charge in [-0.1, -0.05) is 18.2 Å². The maximum absolute atomic E-state index is 13.7. The van der Waals surface area contributed by atoms with Crippen LogP contribution in [0, 0.1) is 5.82 Å². The van der Waals surface area contributed by atoms with E-state index in [0.29, 0.717) is 17.2 Å². The molecule has 0 bridgehead atoms. The van der Waals surface area contributed by atoms with E-state index in [1.807, 2.05) is 24.9 Å². The minimum absolute atomic E-state index is 0.135. The van der Waals surface area contributed by atoms with E-state index in [9.17, 15) is 4.39 Å². The van der Waals surface area contributed by atoms with E-state index in [0.717, 1.165) is 0 Å². The average molecular weight is 246 g/mol. The van der Waals surface area contributed by atoms with Crippen LogP contribution in [0.2, 0.25) is 0 Å². The van der Waals surface area contributed by atoms with Gasteiger partial charge < -0.3 is 10.6 Å². The van der Waals surface area contributed by atoms with Crippen LogP contribution in [0.5, 0.6) is 0 Å². The van der Waals surface area contributed by atoms with Crippen molar-refractivity contribution in [3.8, 4) is 0 Å². The number of nitrogens with two attached hydrogens (primary N) is 1. The van der Waals surface area contributed by atoms with E-state index < -0.39 is 0 Å². The third kappa shape index (κ3) is 2.40. The van der Waals surface area contributed by atoms with Crippen LogP contribution in [0.1, 0.15) is 18.5 Å². The largest absolute Gasteiger partial charge is 0.382 e. The lowest BCUT2D eigenvalue weighted by Crippen LogP contribution is -2.23. The van der Waals surface area contributed by atoms with Gasteiger partial charge in [0.05, 0.1) is 6.04 Å². The summed E-state index contributed by atoms with van der Waals surface area (Å²) >= 11 is 0.